The second kappa shape index (κ2) is 4.04. The number of rotatable bonds is 2. The Balaban J connectivity index is 1.98. The summed E-state index contributed by atoms with van der Waals surface area (Å²) in [4.78, 5) is 6.84. The van der Waals surface area contributed by atoms with E-state index in [9.17, 15) is 8.42 Å². The molecular formula is C12H20N4O2S. The molecular weight excluding hydrogens is 264 g/mol. The summed E-state index contributed by atoms with van der Waals surface area (Å²) in [5.74, 6) is 1.41. The molecule has 3 heterocycles. The van der Waals surface area contributed by atoms with Crippen molar-refractivity contribution in [1.29, 1.82) is 0 Å². The normalized spacial score (nSPS) is 30.7. The van der Waals surface area contributed by atoms with Crippen LogP contribution in [0.2, 0.25) is 0 Å². The molecule has 2 N–H and O–H groups in total. The Morgan fingerprint density at radius 2 is 2.16 bits per heavy atom. The van der Waals surface area contributed by atoms with E-state index in [-0.39, 0.29) is 10.6 Å². The van der Waals surface area contributed by atoms with Crippen LogP contribution in [0.1, 0.15) is 19.7 Å². The third-order valence-corrected chi connectivity index (χ3v) is 6.50. The van der Waals surface area contributed by atoms with Crippen LogP contribution < -0.4 is 5.32 Å². The molecule has 2 unspecified atom stereocenters. The summed E-state index contributed by atoms with van der Waals surface area (Å²) in [7, 11) is -3.48. The van der Waals surface area contributed by atoms with Gasteiger partial charge in [-0.2, -0.15) is 4.31 Å². The van der Waals surface area contributed by atoms with Gasteiger partial charge in [0.05, 0.1) is 6.20 Å². The topological polar surface area (TPSA) is 78.1 Å². The van der Waals surface area contributed by atoms with E-state index < -0.39 is 10.0 Å². The van der Waals surface area contributed by atoms with Gasteiger partial charge in [0.25, 0.3) is 10.0 Å². The number of hydrogen-bond acceptors (Lipinski definition) is 4. The smallest absolute Gasteiger partial charge is 0.260 e. The minimum absolute atomic E-state index is 0.200. The Morgan fingerprint density at radius 1 is 1.42 bits per heavy atom. The number of fused-ring (bicyclic) bond motifs is 1. The first-order valence-corrected chi connectivity index (χ1v) is 8.02. The molecule has 0 bridgehead atoms. The monoisotopic (exact) mass is 284 g/mol. The minimum Gasteiger partial charge on any atom is -0.332 e. The van der Waals surface area contributed by atoms with E-state index in [2.05, 4.69) is 15.3 Å². The number of aromatic nitrogens is 2. The zero-order chi connectivity index (χ0) is 13.8. The third-order valence-electron chi connectivity index (χ3n) is 4.54. The molecule has 0 radical (unpaired) electrons. The number of nitrogens with zero attached hydrogens (tertiary/aromatic N) is 2. The van der Waals surface area contributed by atoms with Crippen molar-refractivity contribution in [3.05, 3.63) is 12.0 Å². The van der Waals surface area contributed by atoms with Crippen molar-refractivity contribution in [2.24, 2.45) is 11.8 Å². The van der Waals surface area contributed by atoms with E-state index in [0.717, 1.165) is 13.1 Å². The molecule has 1 aromatic rings. The SMILES string of the molecule is Cc1ncc(S(=O)(=O)N2CC3CNCC3C2(C)C)[nH]1. The number of aryl methyl sites for hydroxylation is 1. The van der Waals surface area contributed by atoms with E-state index in [1.807, 2.05) is 13.8 Å². The number of aromatic amines is 1. The second-order valence-corrected chi connectivity index (χ2v) is 7.88. The maximum atomic E-state index is 12.7. The molecule has 2 atom stereocenters. The van der Waals surface area contributed by atoms with Crippen molar-refractivity contribution in [2.75, 3.05) is 19.6 Å². The molecule has 106 valence electrons. The lowest BCUT2D eigenvalue weighted by Crippen LogP contribution is -2.47. The lowest BCUT2D eigenvalue weighted by Gasteiger charge is -2.34. The molecule has 0 aromatic carbocycles. The highest BCUT2D eigenvalue weighted by Gasteiger charge is 2.54. The minimum atomic E-state index is -3.48. The Labute approximate surface area is 113 Å². The van der Waals surface area contributed by atoms with Gasteiger partial charge in [-0.05, 0) is 39.2 Å². The van der Waals surface area contributed by atoms with Crippen LogP contribution >= 0.6 is 0 Å². The molecule has 0 amide bonds. The maximum Gasteiger partial charge on any atom is 0.260 e. The number of hydrogen-bond donors (Lipinski definition) is 2. The van der Waals surface area contributed by atoms with Gasteiger partial charge in [-0.1, -0.05) is 0 Å². The van der Waals surface area contributed by atoms with Gasteiger partial charge in [-0.3, -0.25) is 0 Å². The van der Waals surface area contributed by atoms with Crippen molar-refractivity contribution in [3.63, 3.8) is 0 Å². The summed E-state index contributed by atoms with van der Waals surface area (Å²) in [6, 6.07) is 0. The molecule has 1 aromatic heterocycles. The van der Waals surface area contributed by atoms with Crippen LogP contribution in [0.15, 0.2) is 11.2 Å². The summed E-state index contributed by atoms with van der Waals surface area (Å²) >= 11 is 0. The molecule has 6 nitrogen and oxygen atoms in total. The van der Waals surface area contributed by atoms with E-state index in [1.54, 1.807) is 11.2 Å². The number of imidazole rings is 1. The third kappa shape index (κ3) is 1.83. The highest BCUT2D eigenvalue weighted by atomic mass is 32.2. The van der Waals surface area contributed by atoms with Gasteiger partial charge in [-0.15, -0.1) is 0 Å². The first kappa shape index (κ1) is 13.1. The van der Waals surface area contributed by atoms with Gasteiger partial charge in [0.1, 0.15) is 5.82 Å². The summed E-state index contributed by atoms with van der Waals surface area (Å²) in [6.07, 6.45) is 1.41. The maximum absolute atomic E-state index is 12.7. The van der Waals surface area contributed by atoms with Crippen molar-refractivity contribution in [2.45, 2.75) is 31.3 Å². The van der Waals surface area contributed by atoms with Gasteiger partial charge in [0, 0.05) is 18.6 Å². The van der Waals surface area contributed by atoms with Crippen molar-refractivity contribution < 1.29 is 8.42 Å². The fraction of sp³-hybridized carbons (Fsp3) is 0.750. The van der Waals surface area contributed by atoms with E-state index >= 15 is 0 Å². The average Bonchev–Trinajstić information content (AvgIpc) is 2.97. The molecule has 2 fully saturated rings. The molecule has 2 aliphatic rings. The first-order valence-electron chi connectivity index (χ1n) is 6.58. The largest absolute Gasteiger partial charge is 0.332 e. The van der Waals surface area contributed by atoms with Crippen LogP contribution in [-0.4, -0.2) is 47.9 Å². The molecule has 0 aliphatic carbocycles. The van der Waals surface area contributed by atoms with Crippen LogP contribution in [0.5, 0.6) is 0 Å². The van der Waals surface area contributed by atoms with E-state index in [1.165, 1.54) is 6.20 Å². The van der Waals surface area contributed by atoms with Crippen LogP contribution in [0, 0.1) is 18.8 Å². The van der Waals surface area contributed by atoms with Gasteiger partial charge in [-0.25, -0.2) is 13.4 Å². The highest BCUT2D eigenvalue weighted by molar-refractivity contribution is 7.89. The average molecular weight is 284 g/mol. The lowest BCUT2D eigenvalue weighted by atomic mass is 9.85. The molecule has 2 aliphatic heterocycles. The molecule has 0 saturated carbocycles. The molecule has 3 rings (SSSR count). The Morgan fingerprint density at radius 3 is 2.74 bits per heavy atom. The van der Waals surface area contributed by atoms with Gasteiger partial charge < -0.3 is 10.3 Å². The van der Waals surface area contributed by atoms with Crippen LogP contribution in [0.3, 0.4) is 0 Å². The van der Waals surface area contributed by atoms with E-state index in [4.69, 9.17) is 0 Å². The Bertz CT molecular complexity index is 593. The van der Waals surface area contributed by atoms with Crippen molar-refractivity contribution in [3.8, 4) is 0 Å². The lowest BCUT2D eigenvalue weighted by molar-refractivity contribution is 0.233. The predicted molar refractivity (Wildman–Crippen MR) is 71.1 cm³/mol. The quantitative estimate of drug-likeness (QED) is 0.821. The predicted octanol–water partition coefficient (Wildman–Crippen LogP) is 0.337. The summed E-state index contributed by atoms with van der Waals surface area (Å²) in [5, 5.41) is 3.55. The molecule has 0 spiro atoms. The van der Waals surface area contributed by atoms with Gasteiger partial charge >= 0.3 is 0 Å². The molecule has 2 saturated heterocycles. The van der Waals surface area contributed by atoms with E-state index in [0.29, 0.717) is 24.2 Å². The van der Waals surface area contributed by atoms with Crippen molar-refractivity contribution in [1.82, 2.24) is 19.6 Å². The second-order valence-electron chi connectivity index (χ2n) is 6.05. The fourth-order valence-electron chi connectivity index (χ4n) is 3.44. The van der Waals surface area contributed by atoms with Crippen molar-refractivity contribution >= 4 is 10.0 Å². The number of nitrogens with one attached hydrogen (secondary N) is 2. The summed E-state index contributed by atoms with van der Waals surface area (Å²) < 4.78 is 27.1. The number of sulfonamides is 1. The summed E-state index contributed by atoms with van der Waals surface area (Å²) in [6.45, 7) is 8.18. The summed E-state index contributed by atoms with van der Waals surface area (Å²) in [5.41, 5.74) is -0.355. The Hall–Kier alpha value is -0.920. The highest BCUT2D eigenvalue weighted by Crippen LogP contribution is 2.43. The zero-order valence-corrected chi connectivity index (χ0v) is 12.3. The van der Waals surface area contributed by atoms with Gasteiger partial charge in [0.15, 0.2) is 5.03 Å². The standard InChI is InChI=1S/C12H20N4O2S/c1-8-14-6-11(15-8)19(17,18)16-7-9-4-13-5-10(9)12(16,2)3/h6,9-10,13H,4-5,7H2,1-3H3,(H,14,15). The molecule has 19 heavy (non-hydrogen) atoms. The number of H-pyrrole nitrogens is 1. The van der Waals surface area contributed by atoms with Crippen LogP contribution in [0.25, 0.3) is 0 Å². The van der Waals surface area contributed by atoms with Crippen LogP contribution in [-0.2, 0) is 10.0 Å². The molecule has 7 heteroatoms. The van der Waals surface area contributed by atoms with Gasteiger partial charge in [0.2, 0.25) is 0 Å². The fourth-order valence-corrected chi connectivity index (χ4v) is 5.28. The van der Waals surface area contributed by atoms with Crippen LogP contribution in [0.4, 0.5) is 0 Å². The first-order chi connectivity index (χ1) is 8.83. The zero-order valence-electron chi connectivity index (χ0n) is 11.5. The Kier molecular flexibility index (Phi) is 2.78.